The topological polar surface area (TPSA) is 91.1 Å². The average molecular weight is 450 g/mol. The first-order chi connectivity index (χ1) is 15.5. The van der Waals surface area contributed by atoms with Crippen molar-refractivity contribution in [2.75, 3.05) is 35.7 Å². The highest BCUT2D eigenvalue weighted by Gasteiger charge is 2.32. The van der Waals surface area contributed by atoms with Crippen molar-refractivity contribution in [3.63, 3.8) is 0 Å². The van der Waals surface area contributed by atoms with Crippen molar-refractivity contribution >= 4 is 40.2 Å². The number of fused-ring (bicyclic) bond motifs is 2. The number of H-pyrrole nitrogens is 1. The fourth-order valence-corrected chi connectivity index (χ4v) is 4.98. The molecule has 0 amide bonds. The molecule has 0 radical (unpaired) electrons. The number of anilines is 2. The Bertz CT molecular complexity index is 1260. The fraction of sp³-hybridized carbons (Fsp3) is 0.409. The number of hydrogen-bond acceptors (Lipinski definition) is 8. The van der Waals surface area contributed by atoms with E-state index < -0.39 is 0 Å². The first-order valence-electron chi connectivity index (χ1n) is 10.8. The van der Waals surface area contributed by atoms with Gasteiger partial charge in [0, 0.05) is 43.8 Å². The number of aromatic amines is 1. The van der Waals surface area contributed by atoms with E-state index in [2.05, 4.69) is 61.3 Å². The molecule has 0 unspecified atom stereocenters. The quantitative estimate of drug-likeness (QED) is 0.354. The maximum Gasteiger partial charge on any atom is 0.255 e. The van der Waals surface area contributed by atoms with Crippen LogP contribution in [0, 0.1) is 12.8 Å². The Balaban J connectivity index is 1.48. The maximum absolute atomic E-state index is 4.73. The molecule has 0 bridgehead atoms. The van der Waals surface area contributed by atoms with E-state index in [-0.39, 0.29) is 0 Å². The minimum atomic E-state index is 0.290. The van der Waals surface area contributed by atoms with Crippen LogP contribution in [0.4, 0.5) is 11.6 Å². The molecule has 1 saturated heterocycles. The van der Waals surface area contributed by atoms with E-state index in [0.717, 1.165) is 58.8 Å². The molecule has 166 valence electrons. The molecule has 0 spiro atoms. The monoisotopic (exact) mass is 449 g/mol. The van der Waals surface area contributed by atoms with Crippen molar-refractivity contribution in [2.45, 2.75) is 31.5 Å². The Kier molecular flexibility index (Phi) is 5.46. The van der Waals surface area contributed by atoms with Gasteiger partial charge in [0.15, 0.2) is 0 Å². The lowest BCUT2D eigenvalue weighted by Gasteiger charge is -2.43. The van der Waals surface area contributed by atoms with Gasteiger partial charge in [0.25, 0.3) is 5.78 Å². The Morgan fingerprint density at radius 2 is 2.22 bits per heavy atom. The van der Waals surface area contributed by atoms with Crippen LogP contribution in [0.3, 0.4) is 0 Å². The van der Waals surface area contributed by atoms with Crippen LogP contribution in [0.25, 0.3) is 16.8 Å². The summed E-state index contributed by atoms with van der Waals surface area (Å²) in [5.41, 5.74) is 1.80. The lowest BCUT2D eigenvalue weighted by atomic mass is 9.92. The third-order valence-electron chi connectivity index (χ3n) is 6.14. The number of rotatable bonds is 6. The lowest BCUT2D eigenvalue weighted by molar-refractivity contribution is 0.365. The summed E-state index contributed by atoms with van der Waals surface area (Å²) in [7, 11) is 2.13. The molecule has 1 aliphatic heterocycles. The molecule has 1 aliphatic rings. The van der Waals surface area contributed by atoms with E-state index in [4.69, 9.17) is 5.10 Å². The molecule has 4 aromatic heterocycles. The molecule has 1 N–H and O–H groups in total. The van der Waals surface area contributed by atoms with Crippen LogP contribution in [0.15, 0.2) is 42.5 Å². The lowest BCUT2D eigenvalue weighted by Crippen LogP contribution is -2.51. The van der Waals surface area contributed by atoms with Crippen LogP contribution in [0.2, 0.25) is 0 Å². The van der Waals surface area contributed by atoms with Crippen LogP contribution in [0.5, 0.6) is 0 Å². The predicted octanol–water partition coefficient (Wildman–Crippen LogP) is 3.33. The van der Waals surface area contributed by atoms with Gasteiger partial charge in [-0.05, 0) is 25.3 Å². The van der Waals surface area contributed by atoms with E-state index in [9.17, 15) is 0 Å². The largest absolute Gasteiger partial charge is 0.354 e. The molecule has 4 aromatic rings. The third kappa shape index (κ3) is 3.68. The van der Waals surface area contributed by atoms with E-state index in [1.807, 2.05) is 29.8 Å². The van der Waals surface area contributed by atoms with Gasteiger partial charge in [-0.3, -0.25) is 0 Å². The molecule has 10 heteroatoms. The molecule has 5 rings (SSSR count). The summed E-state index contributed by atoms with van der Waals surface area (Å²) < 4.78 is 1.88. The number of nitrogens with zero attached hydrogens (tertiary/aromatic N) is 8. The van der Waals surface area contributed by atoms with Crippen molar-refractivity contribution in [1.82, 2.24) is 34.5 Å². The molecule has 0 saturated carbocycles. The summed E-state index contributed by atoms with van der Waals surface area (Å²) >= 11 is 1.57. The molecule has 32 heavy (non-hydrogen) atoms. The van der Waals surface area contributed by atoms with Gasteiger partial charge >= 0.3 is 0 Å². The van der Waals surface area contributed by atoms with Crippen LogP contribution in [-0.4, -0.2) is 66.5 Å². The number of thioether (sulfide) groups is 1. The molecule has 5 heterocycles. The first kappa shape index (κ1) is 20.7. The Hall–Kier alpha value is -3.14. The number of piperidine rings is 1. The second-order valence-electron chi connectivity index (χ2n) is 8.29. The molecular formula is C22H27N9S. The minimum Gasteiger partial charge on any atom is -0.354 e. The molecular weight excluding hydrogens is 422 g/mol. The Labute approximate surface area is 191 Å². The van der Waals surface area contributed by atoms with E-state index in [1.54, 1.807) is 18.1 Å². The fourth-order valence-electron chi connectivity index (χ4n) is 4.43. The van der Waals surface area contributed by atoms with Crippen LogP contribution < -0.4 is 9.80 Å². The van der Waals surface area contributed by atoms with Crippen LogP contribution >= 0.6 is 11.8 Å². The average Bonchev–Trinajstić information content (AvgIpc) is 3.43. The zero-order valence-corrected chi connectivity index (χ0v) is 19.4. The molecule has 9 nitrogen and oxygen atoms in total. The van der Waals surface area contributed by atoms with Crippen LogP contribution in [0.1, 0.15) is 19.0 Å². The first-order valence-corrected chi connectivity index (χ1v) is 11.8. The van der Waals surface area contributed by atoms with E-state index in [0.29, 0.717) is 17.7 Å². The number of hydrogen-bond donors (Lipinski definition) is 1. The second-order valence-corrected chi connectivity index (χ2v) is 9.28. The maximum atomic E-state index is 4.73. The summed E-state index contributed by atoms with van der Waals surface area (Å²) in [5.74, 6) is 3.92. The van der Waals surface area contributed by atoms with Gasteiger partial charge in [0.1, 0.15) is 23.6 Å². The van der Waals surface area contributed by atoms with E-state index >= 15 is 0 Å². The second kappa shape index (κ2) is 8.42. The highest BCUT2D eigenvalue weighted by molar-refractivity contribution is 7.99. The number of likely N-dealkylation sites (N-methyl/N-ethyl adjacent to an activating group) is 1. The summed E-state index contributed by atoms with van der Waals surface area (Å²) in [6.07, 6.45) is 6.48. The zero-order chi connectivity index (χ0) is 22.2. The van der Waals surface area contributed by atoms with Gasteiger partial charge in [0.2, 0.25) is 5.16 Å². The van der Waals surface area contributed by atoms with Crippen molar-refractivity contribution in [1.29, 1.82) is 0 Å². The summed E-state index contributed by atoms with van der Waals surface area (Å²) in [6, 6.07) is 4.43. The predicted molar refractivity (Wildman–Crippen MR) is 129 cm³/mol. The van der Waals surface area contributed by atoms with Gasteiger partial charge in [-0.25, -0.2) is 15.0 Å². The van der Waals surface area contributed by atoms with Gasteiger partial charge in [-0.1, -0.05) is 24.8 Å². The Morgan fingerprint density at radius 1 is 1.34 bits per heavy atom. The number of aromatic nitrogens is 7. The van der Waals surface area contributed by atoms with Crippen molar-refractivity contribution in [3.05, 3.63) is 43.0 Å². The highest BCUT2D eigenvalue weighted by Crippen LogP contribution is 2.31. The van der Waals surface area contributed by atoms with Gasteiger partial charge in [0.05, 0.1) is 11.4 Å². The normalized spacial score (nSPS) is 19.0. The summed E-state index contributed by atoms with van der Waals surface area (Å²) in [4.78, 5) is 26.0. The SMILES string of the molecule is C=CCSc1nc2nc(C)cc(N3CC[C@@H](C)[C@@H](N(C)c4ncnc5[nH]ccc45)C3)n2n1. The molecule has 0 aromatic carbocycles. The highest BCUT2D eigenvalue weighted by atomic mass is 32.2. The van der Waals surface area contributed by atoms with Gasteiger partial charge < -0.3 is 14.8 Å². The standard InChI is InChI=1S/C22H27N9S/c1-5-10-32-22-27-21-26-15(3)11-18(31(21)28-22)30-9-7-14(2)17(12-30)29(4)20-16-6-8-23-19(16)24-13-25-20/h5-6,8,11,13-14,17H,1,7,9-10,12H2,2-4H3,(H,23,24,25)/t14-,17+/m1/s1. The van der Waals surface area contributed by atoms with E-state index in [1.165, 1.54) is 0 Å². The van der Waals surface area contributed by atoms with Gasteiger partial charge in [-0.2, -0.15) is 9.50 Å². The third-order valence-corrected chi connectivity index (χ3v) is 6.97. The number of aryl methyl sites for hydroxylation is 1. The Morgan fingerprint density at radius 3 is 3.06 bits per heavy atom. The van der Waals surface area contributed by atoms with Crippen molar-refractivity contribution < 1.29 is 0 Å². The minimum absolute atomic E-state index is 0.290. The summed E-state index contributed by atoms with van der Waals surface area (Å²) in [5, 5.41) is 6.49. The number of nitrogens with one attached hydrogen (secondary N) is 1. The van der Waals surface area contributed by atoms with Crippen LogP contribution in [-0.2, 0) is 0 Å². The van der Waals surface area contributed by atoms with Crippen molar-refractivity contribution in [3.8, 4) is 0 Å². The summed E-state index contributed by atoms with van der Waals surface area (Å²) in [6.45, 7) is 9.94. The van der Waals surface area contributed by atoms with Crippen molar-refractivity contribution in [2.24, 2.45) is 5.92 Å². The van der Waals surface area contributed by atoms with Gasteiger partial charge in [-0.15, -0.1) is 11.7 Å². The molecule has 2 atom stereocenters. The molecule has 0 aliphatic carbocycles. The zero-order valence-electron chi connectivity index (χ0n) is 18.6. The molecule has 1 fully saturated rings. The smallest absolute Gasteiger partial charge is 0.255 e.